The maximum atomic E-state index is 11.7. The molecule has 104 valence electrons. The van der Waals surface area contributed by atoms with Crippen LogP contribution >= 0.6 is 11.6 Å². The van der Waals surface area contributed by atoms with Crippen LogP contribution in [0.2, 0.25) is 5.02 Å². The van der Waals surface area contributed by atoms with Crippen LogP contribution in [0.1, 0.15) is 16.1 Å². The second kappa shape index (κ2) is 6.16. The summed E-state index contributed by atoms with van der Waals surface area (Å²) in [6.07, 6.45) is 1.19. The molecular formula is C12H11ClN4O3. The predicted octanol–water partition coefficient (Wildman–Crippen LogP) is 0.946. The summed E-state index contributed by atoms with van der Waals surface area (Å²) in [5, 5.41) is 18.9. The van der Waals surface area contributed by atoms with E-state index in [-0.39, 0.29) is 18.1 Å². The molecule has 1 aromatic heterocycles. The number of nitrogens with zero attached hydrogens (tertiary/aromatic N) is 3. The van der Waals surface area contributed by atoms with Crippen LogP contribution in [0.25, 0.3) is 0 Å². The Kier molecular flexibility index (Phi) is 4.31. The van der Waals surface area contributed by atoms with E-state index in [9.17, 15) is 9.59 Å². The third-order valence-electron chi connectivity index (χ3n) is 2.50. The normalized spacial score (nSPS) is 10.2. The average molecular weight is 295 g/mol. The second-order valence-corrected chi connectivity index (χ2v) is 4.38. The van der Waals surface area contributed by atoms with E-state index in [1.807, 2.05) is 6.07 Å². The van der Waals surface area contributed by atoms with Crippen molar-refractivity contribution < 1.29 is 14.7 Å². The molecule has 7 nitrogen and oxygen atoms in total. The van der Waals surface area contributed by atoms with E-state index in [1.54, 1.807) is 18.2 Å². The Labute approximate surface area is 119 Å². The molecule has 0 radical (unpaired) electrons. The van der Waals surface area contributed by atoms with Crippen molar-refractivity contribution in [2.75, 3.05) is 0 Å². The van der Waals surface area contributed by atoms with Gasteiger partial charge in [0.05, 0.1) is 6.20 Å². The molecule has 8 heteroatoms. The zero-order valence-electron chi connectivity index (χ0n) is 10.3. The summed E-state index contributed by atoms with van der Waals surface area (Å²) in [5.74, 6) is -1.50. The van der Waals surface area contributed by atoms with Crippen LogP contribution in [-0.2, 0) is 17.9 Å². The van der Waals surface area contributed by atoms with E-state index in [2.05, 4.69) is 15.6 Å². The van der Waals surface area contributed by atoms with E-state index >= 15 is 0 Å². The fourth-order valence-electron chi connectivity index (χ4n) is 1.51. The molecule has 0 aliphatic carbocycles. The van der Waals surface area contributed by atoms with Crippen molar-refractivity contribution >= 4 is 23.5 Å². The van der Waals surface area contributed by atoms with Crippen LogP contribution in [-0.4, -0.2) is 32.0 Å². The minimum Gasteiger partial charge on any atom is -0.476 e. The first-order valence-corrected chi connectivity index (χ1v) is 6.07. The van der Waals surface area contributed by atoms with Crippen molar-refractivity contribution in [1.82, 2.24) is 20.3 Å². The number of amides is 1. The quantitative estimate of drug-likeness (QED) is 0.855. The molecular weight excluding hydrogens is 284 g/mol. The van der Waals surface area contributed by atoms with Gasteiger partial charge in [0.25, 0.3) is 0 Å². The highest BCUT2D eigenvalue weighted by atomic mass is 35.5. The van der Waals surface area contributed by atoms with Crippen molar-refractivity contribution in [3.63, 3.8) is 0 Å². The summed E-state index contributed by atoms with van der Waals surface area (Å²) in [6.45, 7) is 0.184. The first-order chi connectivity index (χ1) is 9.56. The first kappa shape index (κ1) is 14.0. The zero-order valence-corrected chi connectivity index (χ0v) is 11.0. The molecule has 0 saturated carbocycles. The summed E-state index contributed by atoms with van der Waals surface area (Å²) in [4.78, 5) is 22.3. The average Bonchev–Trinajstić information content (AvgIpc) is 2.86. The third kappa shape index (κ3) is 3.55. The van der Waals surface area contributed by atoms with Gasteiger partial charge in [0.2, 0.25) is 5.91 Å². The number of hydrogen-bond acceptors (Lipinski definition) is 4. The number of carbonyl (C=O) groups excluding carboxylic acids is 1. The minimum absolute atomic E-state index is 0.106. The van der Waals surface area contributed by atoms with Gasteiger partial charge in [0, 0.05) is 11.6 Å². The summed E-state index contributed by atoms with van der Waals surface area (Å²) in [6, 6.07) is 7.17. The van der Waals surface area contributed by atoms with Crippen LogP contribution < -0.4 is 5.32 Å². The van der Waals surface area contributed by atoms with Gasteiger partial charge in [-0.1, -0.05) is 35.0 Å². The number of carbonyl (C=O) groups is 2. The van der Waals surface area contributed by atoms with Gasteiger partial charge in [-0.25, -0.2) is 9.48 Å². The fourth-order valence-corrected chi connectivity index (χ4v) is 1.71. The lowest BCUT2D eigenvalue weighted by Gasteiger charge is -2.06. The maximum absolute atomic E-state index is 11.7. The van der Waals surface area contributed by atoms with Crippen molar-refractivity contribution in [1.29, 1.82) is 0 Å². The lowest BCUT2D eigenvalue weighted by atomic mass is 10.2. The van der Waals surface area contributed by atoms with Crippen molar-refractivity contribution in [3.05, 3.63) is 46.7 Å². The summed E-state index contributed by atoms with van der Waals surface area (Å²) < 4.78 is 1.16. The molecule has 2 N–H and O–H groups in total. The van der Waals surface area contributed by atoms with Crippen molar-refractivity contribution in [2.24, 2.45) is 0 Å². The molecule has 20 heavy (non-hydrogen) atoms. The Balaban J connectivity index is 1.89. The van der Waals surface area contributed by atoms with Gasteiger partial charge >= 0.3 is 5.97 Å². The van der Waals surface area contributed by atoms with Gasteiger partial charge in [0.15, 0.2) is 5.69 Å². The van der Waals surface area contributed by atoms with Gasteiger partial charge in [-0.2, -0.15) is 0 Å². The highest BCUT2D eigenvalue weighted by Gasteiger charge is 2.10. The number of carboxylic acids is 1. The van der Waals surface area contributed by atoms with Gasteiger partial charge in [-0.05, 0) is 11.6 Å². The summed E-state index contributed by atoms with van der Waals surface area (Å²) in [7, 11) is 0. The van der Waals surface area contributed by atoms with Gasteiger partial charge < -0.3 is 10.4 Å². The lowest BCUT2D eigenvalue weighted by molar-refractivity contribution is -0.122. The minimum atomic E-state index is -1.19. The fraction of sp³-hybridized carbons (Fsp3) is 0.167. The molecule has 0 spiro atoms. The molecule has 0 fully saturated rings. The van der Waals surface area contributed by atoms with Gasteiger partial charge in [-0.3, -0.25) is 4.79 Å². The number of aromatic carboxylic acids is 1. The number of hydrogen-bond donors (Lipinski definition) is 2. The van der Waals surface area contributed by atoms with E-state index in [4.69, 9.17) is 16.7 Å². The SMILES string of the molecule is O=C(Cn1cc(C(=O)O)nn1)NCc1ccccc1Cl. The number of rotatable bonds is 5. The van der Waals surface area contributed by atoms with Gasteiger partial charge in [0.1, 0.15) is 6.54 Å². The number of nitrogens with one attached hydrogen (secondary N) is 1. The largest absolute Gasteiger partial charge is 0.476 e. The lowest BCUT2D eigenvalue weighted by Crippen LogP contribution is -2.27. The molecule has 2 aromatic rings. The molecule has 1 heterocycles. The first-order valence-electron chi connectivity index (χ1n) is 5.70. The Morgan fingerprint density at radius 1 is 1.35 bits per heavy atom. The molecule has 1 amide bonds. The molecule has 0 saturated heterocycles. The van der Waals surface area contributed by atoms with E-state index in [0.29, 0.717) is 11.6 Å². The van der Waals surface area contributed by atoms with Crippen molar-refractivity contribution in [3.8, 4) is 0 Å². The van der Waals surface area contributed by atoms with Crippen LogP contribution in [0.3, 0.4) is 0 Å². The maximum Gasteiger partial charge on any atom is 0.358 e. The summed E-state index contributed by atoms with van der Waals surface area (Å²) in [5.41, 5.74) is 0.594. The second-order valence-electron chi connectivity index (χ2n) is 3.97. The van der Waals surface area contributed by atoms with E-state index < -0.39 is 5.97 Å². The topological polar surface area (TPSA) is 97.1 Å². The smallest absolute Gasteiger partial charge is 0.358 e. The van der Waals surface area contributed by atoms with Crippen LogP contribution in [0.5, 0.6) is 0 Å². The monoisotopic (exact) mass is 294 g/mol. The standard InChI is InChI=1S/C12H11ClN4O3/c13-9-4-2-1-3-8(9)5-14-11(18)7-17-6-10(12(19)20)15-16-17/h1-4,6H,5,7H2,(H,14,18)(H,19,20). The predicted molar refractivity (Wildman–Crippen MR) is 70.3 cm³/mol. The number of benzene rings is 1. The molecule has 0 aliphatic rings. The Morgan fingerprint density at radius 2 is 2.10 bits per heavy atom. The molecule has 0 unspecified atom stereocenters. The van der Waals surface area contributed by atoms with Crippen LogP contribution in [0.4, 0.5) is 0 Å². The highest BCUT2D eigenvalue weighted by Crippen LogP contribution is 2.14. The number of halogens is 1. The Morgan fingerprint density at radius 3 is 2.75 bits per heavy atom. The van der Waals surface area contributed by atoms with E-state index in [1.165, 1.54) is 6.20 Å². The zero-order chi connectivity index (χ0) is 14.5. The number of aromatic nitrogens is 3. The Hall–Kier alpha value is -2.41. The summed E-state index contributed by atoms with van der Waals surface area (Å²) >= 11 is 5.96. The molecule has 1 aromatic carbocycles. The van der Waals surface area contributed by atoms with E-state index in [0.717, 1.165) is 10.2 Å². The number of carboxylic acid groups (broad SMARTS) is 1. The molecule has 2 rings (SSSR count). The molecule has 0 bridgehead atoms. The third-order valence-corrected chi connectivity index (χ3v) is 2.87. The molecule has 0 aliphatic heterocycles. The highest BCUT2D eigenvalue weighted by molar-refractivity contribution is 6.31. The van der Waals surface area contributed by atoms with Crippen molar-refractivity contribution in [2.45, 2.75) is 13.1 Å². The van der Waals surface area contributed by atoms with Crippen LogP contribution in [0.15, 0.2) is 30.5 Å². The van der Waals surface area contributed by atoms with Crippen LogP contribution in [0, 0.1) is 0 Å². The van der Waals surface area contributed by atoms with Gasteiger partial charge in [-0.15, -0.1) is 5.10 Å². The molecule has 0 atom stereocenters. The Bertz CT molecular complexity index is 641.